The lowest BCUT2D eigenvalue weighted by Crippen LogP contribution is -2.53. The summed E-state index contributed by atoms with van der Waals surface area (Å²) in [6, 6.07) is 7.90. The van der Waals surface area contributed by atoms with E-state index < -0.39 is 23.5 Å². The maximum Gasteiger partial charge on any atom is 0.250 e. The van der Waals surface area contributed by atoms with E-state index in [4.69, 9.17) is 40.5 Å². The molecule has 0 radical (unpaired) electrons. The SMILES string of the molecule is N[C@@H]1[C@H](CO)N(CC2CC2)[C@@]2(C(=O)Nc3cc(Cl)ccc32)[C@H]1c1cc(Cl)nc(Cl)c1. The fourth-order valence-corrected chi connectivity index (χ4v) is 5.89. The minimum Gasteiger partial charge on any atom is -0.395 e. The number of likely N-dealkylation sites (tertiary alicyclic amines) is 1. The second kappa shape index (κ2) is 7.33. The van der Waals surface area contributed by atoms with Crippen molar-refractivity contribution in [2.45, 2.75) is 36.4 Å². The van der Waals surface area contributed by atoms with E-state index in [-0.39, 0.29) is 22.8 Å². The third-order valence-electron chi connectivity index (χ3n) is 6.60. The summed E-state index contributed by atoms with van der Waals surface area (Å²) in [5.41, 5.74) is 7.84. The second-order valence-corrected chi connectivity index (χ2v) is 9.57. The summed E-state index contributed by atoms with van der Waals surface area (Å²) in [6.45, 7) is 0.520. The molecule has 2 aliphatic heterocycles. The van der Waals surface area contributed by atoms with Crippen LogP contribution in [0, 0.1) is 5.92 Å². The van der Waals surface area contributed by atoms with Crippen molar-refractivity contribution >= 4 is 46.4 Å². The molecule has 1 aliphatic carbocycles. The summed E-state index contributed by atoms with van der Waals surface area (Å²) in [4.78, 5) is 19.9. The summed E-state index contributed by atoms with van der Waals surface area (Å²) < 4.78 is 0. The molecule has 1 saturated carbocycles. The zero-order valence-electron chi connectivity index (χ0n) is 16.0. The summed E-state index contributed by atoms with van der Waals surface area (Å²) in [5.74, 6) is -0.176. The van der Waals surface area contributed by atoms with Crippen LogP contribution in [-0.2, 0) is 10.3 Å². The Morgan fingerprint density at radius 3 is 2.53 bits per heavy atom. The first-order valence-corrected chi connectivity index (χ1v) is 11.1. The molecule has 1 amide bonds. The minimum absolute atomic E-state index is 0.158. The monoisotopic (exact) mass is 466 g/mol. The molecule has 0 bridgehead atoms. The van der Waals surface area contributed by atoms with Gasteiger partial charge in [-0.1, -0.05) is 40.9 Å². The van der Waals surface area contributed by atoms with E-state index >= 15 is 0 Å². The van der Waals surface area contributed by atoms with Crippen molar-refractivity contribution in [3.8, 4) is 0 Å². The van der Waals surface area contributed by atoms with E-state index in [0.717, 1.165) is 24.0 Å². The van der Waals surface area contributed by atoms with Gasteiger partial charge in [-0.25, -0.2) is 4.98 Å². The number of carbonyl (C=O) groups excluding carboxylic acids is 1. The molecule has 30 heavy (non-hydrogen) atoms. The average molecular weight is 468 g/mol. The highest BCUT2D eigenvalue weighted by Crippen LogP contribution is 2.57. The van der Waals surface area contributed by atoms with Crippen LogP contribution in [-0.4, -0.2) is 46.1 Å². The van der Waals surface area contributed by atoms with E-state index in [9.17, 15) is 9.90 Å². The normalized spacial score (nSPS) is 30.7. The molecule has 1 saturated heterocycles. The van der Waals surface area contributed by atoms with Gasteiger partial charge in [-0.3, -0.25) is 9.69 Å². The van der Waals surface area contributed by atoms with E-state index in [1.165, 1.54) is 0 Å². The van der Waals surface area contributed by atoms with Crippen LogP contribution in [0.1, 0.15) is 29.9 Å². The van der Waals surface area contributed by atoms with Crippen LogP contribution in [0.15, 0.2) is 30.3 Å². The van der Waals surface area contributed by atoms with E-state index in [1.54, 1.807) is 24.3 Å². The lowest BCUT2D eigenvalue weighted by atomic mass is 9.74. The summed E-state index contributed by atoms with van der Waals surface area (Å²) in [6.07, 6.45) is 2.21. The molecule has 6 nitrogen and oxygen atoms in total. The van der Waals surface area contributed by atoms with Crippen molar-refractivity contribution in [3.05, 3.63) is 56.8 Å². The third-order valence-corrected chi connectivity index (χ3v) is 7.22. The van der Waals surface area contributed by atoms with Crippen LogP contribution >= 0.6 is 34.8 Å². The molecule has 2 aromatic rings. The summed E-state index contributed by atoms with van der Waals surface area (Å²) in [5, 5.41) is 14.3. The van der Waals surface area contributed by atoms with Gasteiger partial charge in [-0.15, -0.1) is 0 Å². The molecule has 1 aromatic carbocycles. The number of pyridine rings is 1. The number of fused-ring (bicyclic) bond motifs is 2. The van der Waals surface area contributed by atoms with Gasteiger partial charge >= 0.3 is 0 Å². The van der Waals surface area contributed by atoms with Crippen molar-refractivity contribution < 1.29 is 9.90 Å². The van der Waals surface area contributed by atoms with E-state index in [0.29, 0.717) is 23.2 Å². The average Bonchev–Trinajstić information content (AvgIpc) is 3.39. The predicted octanol–water partition coefficient (Wildman–Crippen LogP) is 3.39. The highest BCUT2D eigenvalue weighted by atomic mass is 35.5. The number of hydrogen-bond acceptors (Lipinski definition) is 5. The molecule has 3 aliphatic rings. The molecule has 2 fully saturated rings. The van der Waals surface area contributed by atoms with E-state index in [1.807, 2.05) is 6.07 Å². The highest BCUT2D eigenvalue weighted by molar-refractivity contribution is 6.32. The molecule has 4 N–H and O–H groups in total. The number of aliphatic hydroxyl groups excluding tert-OH is 1. The van der Waals surface area contributed by atoms with Crippen molar-refractivity contribution in [2.75, 3.05) is 18.5 Å². The topological polar surface area (TPSA) is 91.5 Å². The number of aromatic nitrogens is 1. The maximum atomic E-state index is 13.7. The smallest absolute Gasteiger partial charge is 0.250 e. The van der Waals surface area contributed by atoms with Gasteiger partial charge in [0.15, 0.2) is 0 Å². The van der Waals surface area contributed by atoms with Gasteiger partial charge in [0, 0.05) is 40.8 Å². The Kier molecular flexibility index (Phi) is 5.01. The Labute approximate surface area is 189 Å². The first kappa shape index (κ1) is 20.5. The van der Waals surface area contributed by atoms with Crippen molar-refractivity contribution in [3.63, 3.8) is 0 Å². The summed E-state index contributed by atoms with van der Waals surface area (Å²) >= 11 is 18.6. The van der Waals surface area contributed by atoms with Crippen LogP contribution in [0.3, 0.4) is 0 Å². The molecule has 158 valence electrons. The lowest BCUT2D eigenvalue weighted by Gasteiger charge is -2.39. The maximum absolute atomic E-state index is 13.7. The standard InChI is InChI=1S/C21H21Cl3N4O2/c22-12-3-4-13-14(7-12)26-20(30)21(13)18(11-5-16(23)27-17(24)6-11)19(25)15(9-29)28(21)8-10-1-2-10/h3-7,10,15,18-19,29H,1-2,8-9,25H2,(H,26,30)/t15-,18-,19+,21+/m0/s1. The van der Waals surface area contributed by atoms with E-state index in [2.05, 4.69) is 15.2 Å². The number of benzene rings is 1. The van der Waals surface area contributed by atoms with Gasteiger partial charge in [0.05, 0.1) is 6.61 Å². The molecular formula is C21H21Cl3N4O2. The number of nitrogens with zero attached hydrogens (tertiary/aromatic N) is 2. The Balaban J connectivity index is 1.77. The number of aliphatic hydroxyl groups is 1. The number of nitrogens with two attached hydrogens (primary N) is 1. The quantitative estimate of drug-likeness (QED) is 0.600. The Morgan fingerprint density at radius 2 is 1.90 bits per heavy atom. The molecule has 9 heteroatoms. The molecular weight excluding hydrogens is 447 g/mol. The zero-order valence-corrected chi connectivity index (χ0v) is 18.3. The minimum atomic E-state index is -1.09. The zero-order chi connectivity index (χ0) is 21.2. The number of carbonyl (C=O) groups is 1. The van der Waals surface area contributed by atoms with Gasteiger partial charge in [0.25, 0.3) is 0 Å². The highest BCUT2D eigenvalue weighted by Gasteiger charge is 2.66. The lowest BCUT2D eigenvalue weighted by molar-refractivity contribution is -0.128. The Hall–Kier alpha value is -1.41. The van der Waals surface area contributed by atoms with Gasteiger partial charge < -0.3 is 16.2 Å². The van der Waals surface area contributed by atoms with Gasteiger partial charge in [-0.05, 0) is 48.6 Å². The van der Waals surface area contributed by atoms with Crippen molar-refractivity contribution in [1.29, 1.82) is 0 Å². The summed E-state index contributed by atoms with van der Waals surface area (Å²) in [7, 11) is 0. The second-order valence-electron chi connectivity index (χ2n) is 8.36. The molecule has 0 unspecified atom stereocenters. The van der Waals surface area contributed by atoms with Crippen LogP contribution in [0.25, 0.3) is 0 Å². The number of amides is 1. The fourth-order valence-electron chi connectivity index (χ4n) is 5.24. The molecule has 5 rings (SSSR count). The van der Waals surface area contributed by atoms with Crippen LogP contribution in [0.5, 0.6) is 0 Å². The fraction of sp³-hybridized carbons (Fsp3) is 0.429. The number of nitrogens with one attached hydrogen (secondary N) is 1. The molecule has 4 atom stereocenters. The third kappa shape index (κ3) is 2.97. The van der Waals surface area contributed by atoms with Crippen molar-refractivity contribution in [1.82, 2.24) is 9.88 Å². The van der Waals surface area contributed by atoms with Gasteiger partial charge in [0.2, 0.25) is 5.91 Å². The molecule has 1 spiro atoms. The van der Waals surface area contributed by atoms with Gasteiger partial charge in [-0.2, -0.15) is 0 Å². The molecule has 1 aromatic heterocycles. The largest absolute Gasteiger partial charge is 0.395 e. The Bertz CT molecular complexity index is 1010. The first-order chi connectivity index (χ1) is 14.4. The number of halogens is 3. The van der Waals surface area contributed by atoms with Gasteiger partial charge in [0.1, 0.15) is 15.8 Å². The first-order valence-electron chi connectivity index (χ1n) is 9.94. The number of hydrogen-bond donors (Lipinski definition) is 3. The number of anilines is 1. The van der Waals surface area contributed by atoms with Crippen molar-refractivity contribution in [2.24, 2.45) is 11.7 Å². The van der Waals surface area contributed by atoms with Crippen LogP contribution < -0.4 is 11.1 Å². The predicted molar refractivity (Wildman–Crippen MR) is 117 cm³/mol. The number of rotatable bonds is 4. The Morgan fingerprint density at radius 1 is 1.20 bits per heavy atom. The molecule has 3 heterocycles. The van der Waals surface area contributed by atoms with Crippen LogP contribution in [0.4, 0.5) is 5.69 Å². The van der Waals surface area contributed by atoms with Crippen LogP contribution in [0.2, 0.25) is 15.3 Å².